The molecule has 3 aromatic rings. The number of carboxylic acids is 1. The Morgan fingerprint density at radius 2 is 2.04 bits per heavy atom. The maximum Gasteiger partial charge on any atom is 0.303 e. The largest absolute Gasteiger partial charge is 0.481 e. The van der Waals surface area contributed by atoms with E-state index in [2.05, 4.69) is 4.98 Å². The number of nitrogens with zero attached hydrogens (tertiary/aromatic N) is 2. The molecule has 2 aromatic heterocycles. The molecule has 0 saturated carbocycles. The number of benzene rings is 1. The smallest absolute Gasteiger partial charge is 0.303 e. The molecule has 2 heterocycles. The molecule has 0 atom stereocenters. The number of pyridine rings is 1. The molecule has 1 N–H and O–H groups in total. The number of fused-ring (bicyclic) bond motifs is 1. The number of rotatable bonds is 6. The van der Waals surface area contributed by atoms with E-state index in [1.165, 1.54) is 0 Å². The number of ether oxygens (including phenoxy) is 1. The summed E-state index contributed by atoms with van der Waals surface area (Å²) in [5.41, 5.74) is 1.37. The van der Waals surface area contributed by atoms with Gasteiger partial charge in [-0.1, -0.05) is 0 Å². The lowest BCUT2D eigenvalue weighted by Gasteiger charge is -2.06. The van der Waals surface area contributed by atoms with E-state index in [0.717, 1.165) is 10.9 Å². The Kier molecular flexibility index (Phi) is 4.29. The third kappa shape index (κ3) is 3.27. The first-order valence-corrected chi connectivity index (χ1v) is 7.46. The van der Waals surface area contributed by atoms with E-state index in [1.54, 1.807) is 30.7 Å². The molecular formula is C18H16N2O4. The van der Waals surface area contributed by atoms with Crippen LogP contribution in [-0.4, -0.2) is 26.4 Å². The third-order valence-corrected chi connectivity index (χ3v) is 3.70. The summed E-state index contributed by atoms with van der Waals surface area (Å²) in [7, 11) is 1.84. The van der Waals surface area contributed by atoms with Gasteiger partial charge in [0.2, 0.25) is 0 Å². The Hall–Kier alpha value is -3.15. The second-order valence-electron chi connectivity index (χ2n) is 5.44. The normalized spacial score (nSPS) is 10.7. The van der Waals surface area contributed by atoms with Gasteiger partial charge in [-0.15, -0.1) is 0 Å². The summed E-state index contributed by atoms with van der Waals surface area (Å²) in [4.78, 5) is 26.9. The minimum absolute atomic E-state index is 0.0115. The van der Waals surface area contributed by atoms with Crippen LogP contribution < -0.4 is 4.74 Å². The lowest BCUT2D eigenvalue weighted by molar-refractivity contribution is -0.136. The van der Waals surface area contributed by atoms with E-state index in [9.17, 15) is 9.59 Å². The molecule has 0 amide bonds. The van der Waals surface area contributed by atoms with E-state index in [4.69, 9.17) is 9.84 Å². The van der Waals surface area contributed by atoms with Crippen molar-refractivity contribution in [1.29, 1.82) is 0 Å². The van der Waals surface area contributed by atoms with Crippen molar-refractivity contribution < 1.29 is 19.4 Å². The van der Waals surface area contributed by atoms with Gasteiger partial charge in [-0.3, -0.25) is 14.6 Å². The zero-order chi connectivity index (χ0) is 17.1. The average Bonchev–Trinajstić information content (AvgIpc) is 2.90. The zero-order valence-electron chi connectivity index (χ0n) is 13.1. The molecule has 0 saturated heterocycles. The monoisotopic (exact) mass is 324 g/mol. The number of carbonyl (C=O) groups is 2. The molecule has 6 heteroatoms. The SMILES string of the molecule is Cn1cc(C(=O)CCC(=O)O)c2ccc(Oc3cccnc3)cc21. The Morgan fingerprint density at radius 3 is 2.75 bits per heavy atom. The summed E-state index contributed by atoms with van der Waals surface area (Å²) < 4.78 is 7.58. The first-order valence-electron chi connectivity index (χ1n) is 7.46. The van der Waals surface area contributed by atoms with Crippen molar-refractivity contribution in [3.05, 3.63) is 54.5 Å². The fraction of sp³-hybridized carbons (Fsp3) is 0.167. The van der Waals surface area contributed by atoms with Crippen LogP contribution in [0.25, 0.3) is 10.9 Å². The molecule has 0 aliphatic heterocycles. The minimum atomic E-state index is -0.976. The van der Waals surface area contributed by atoms with Gasteiger partial charge in [-0.05, 0) is 24.3 Å². The predicted octanol–water partition coefficient (Wildman–Crippen LogP) is 3.41. The number of aryl methyl sites for hydroxylation is 1. The molecule has 122 valence electrons. The molecule has 0 radical (unpaired) electrons. The van der Waals surface area contributed by atoms with E-state index < -0.39 is 5.97 Å². The van der Waals surface area contributed by atoms with Gasteiger partial charge < -0.3 is 14.4 Å². The summed E-state index contributed by atoms with van der Waals surface area (Å²) in [6.45, 7) is 0. The summed E-state index contributed by atoms with van der Waals surface area (Å²) >= 11 is 0. The maximum absolute atomic E-state index is 12.2. The molecule has 0 aliphatic rings. The number of aromatic nitrogens is 2. The van der Waals surface area contributed by atoms with Gasteiger partial charge in [0.15, 0.2) is 5.78 Å². The molecule has 0 aliphatic carbocycles. The van der Waals surface area contributed by atoms with Gasteiger partial charge in [0, 0.05) is 42.9 Å². The number of hydrogen-bond donors (Lipinski definition) is 1. The van der Waals surface area contributed by atoms with Crippen LogP contribution in [0.5, 0.6) is 11.5 Å². The van der Waals surface area contributed by atoms with Crippen LogP contribution in [-0.2, 0) is 11.8 Å². The van der Waals surface area contributed by atoms with Crippen LogP contribution in [0.4, 0.5) is 0 Å². The molecule has 0 spiro atoms. The molecule has 0 unspecified atom stereocenters. The number of carboxylic acid groups (broad SMARTS) is 1. The van der Waals surface area contributed by atoms with Crippen LogP contribution in [0.2, 0.25) is 0 Å². The molecule has 0 bridgehead atoms. The second kappa shape index (κ2) is 6.54. The fourth-order valence-electron chi connectivity index (χ4n) is 2.55. The third-order valence-electron chi connectivity index (χ3n) is 3.70. The van der Waals surface area contributed by atoms with E-state index >= 15 is 0 Å². The van der Waals surface area contributed by atoms with Crippen molar-refractivity contribution in [2.24, 2.45) is 7.05 Å². The van der Waals surface area contributed by atoms with Crippen molar-refractivity contribution in [2.45, 2.75) is 12.8 Å². The Balaban J connectivity index is 1.90. The van der Waals surface area contributed by atoms with E-state index in [-0.39, 0.29) is 18.6 Å². The molecule has 24 heavy (non-hydrogen) atoms. The second-order valence-corrected chi connectivity index (χ2v) is 5.44. The van der Waals surface area contributed by atoms with E-state index in [0.29, 0.717) is 17.1 Å². The highest BCUT2D eigenvalue weighted by Gasteiger charge is 2.15. The zero-order valence-corrected chi connectivity index (χ0v) is 13.1. The number of ketones is 1. The van der Waals surface area contributed by atoms with Crippen LogP contribution >= 0.6 is 0 Å². The summed E-state index contributed by atoms with van der Waals surface area (Å²) in [6, 6.07) is 9.04. The van der Waals surface area contributed by atoms with Crippen molar-refractivity contribution in [1.82, 2.24) is 9.55 Å². The van der Waals surface area contributed by atoms with Crippen LogP contribution in [0, 0.1) is 0 Å². The van der Waals surface area contributed by atoms with Crippen LogP contribution in [0.15, 0.2) is 48.9 Å². The van der Waals surface area contributed by atoms with Gasteiger partial charge in [0.1, 0.15) is 11.5 Å². The lowest BCUT2D eigenvalue weighted by atomic mass is 10.1. The highest BCUT2D eigenvalue weighted by molar-refractivity contribution is 6.08. The molecule has 1 aromatic carbocycles. The molecular weight excluding hydrogens is 308 g/mol. The number of hydrogen-bond acceptors (Lipinski definition) is 4. The Morgan fingerprint density at radius 1 is 1.21 bits per heavy atom. The number of Topliss-reactive ketones (excluding diaryl/α,β-unsaturated/α-hetero) is 1. The highest BCUT2D eigenvalue weighted by Crippen LogP contribution is 2.28. The van der Waals surface area contributed by atoms with Crippen molar-refractivity contribution in [3.8, 4) is 11.5 Å². The van der Waals surface area contributed by atoms with Gasteiger partial charge in [-0.25, -0.2) is 0 Å². The summed E-state index contributed by atoms with van der Waals surface area (Å²) in [5.74, 6) is 0.115. The maximum atomic E-state index is 12.2. The number of carbonyl (C=O) groups excluding carboxylic acids is 1. The van der Waals surface area contributed by atoms with Gasteiger partial charge in [-0.2, -0.15) is 0 Å². The molecule has 3 rings (SSSR count). The standard InChI is InChI=1S/C18H16N2O4/c1-20-11-15(17(21)6-7-18(22)23)14-5-4-12(9-16(14)20)24-13-3-2-8-19-10-13/h2-5,8-11H,6-7H2,1H3,(H,22,23). The predicted molar refractivity (Wildman–Crippen MR) is 88.4 cm³/mol. The lowest BCUT2D eigenvalue weighted by Crippen LogP contribution is -2.03. The fourth-order valence-corrected chi connectivity index (χ4v) is 2.55. The first kappa shape index (κ1) is 15.7. The van der Waals surface area contributed by atoms with Gasteiger partial charge in [0.25, 0.3) is 0 Å². The Bertz CT molecular complexity index is 900. The topological polar surface area (TPSA) is 81.4 Å². The average molecular weight is 324 g/mol. The molecule has 6 nitrogen and oxygen atoms in total. The van der Waals surface area contributed by atoms with Crippen molar-refractivity contribution in [2.75, 3.05) is 0 Å². The summed E-state index contributed by atoms with van der Waals surface area (Å²) in [5, 5.41) is 9.51. The minimum Gasteiger partial charge on any atom is -0.481 e. The quantitative estimate of drug-likeness (QED) is 0.703. The van der Waals surface area contributed by atoms with Crippen LogP contribution in [0.1, 0.15) is 23.2 Å². The van der Waals surface area contributed by atoms with Crippen LogP contribution in [0.3, 0.4) is 0 Å². The van der Waals surface area contributed by atoms with Crippen molar-refractivity contribution in [3.63, 3.8) is 0 Å². The first-order chi connectivity index (χ1) is 11.5. The molecule has 0 fully saturated rings. The van der Waals surface area contributed by atoms with Crippen molar-refractivity contribution >= 4 is 22.7 Å². The number of aliphatic carboxylic acids is 1. The van der Waals surface area contributed by atoms with E-state index in [1.807, 2.05) is 29.8 Å². The summed E-state index contributed by atoms with van der Waals surface area (Å²) in [6.07, 6.45) is 4.83. The highest BCUT2D eigenvalue weighted by atomic mass is 16.5. The van der Waals surface area contributed by atoms with Gasteiger partial charge in [0.05, 0.1) is 18.1 Å². The van der Waals surface area contributed by atoms with Gasteiger partial charge >= 0.3 is 5.97 Å². The Labute approximate surface area is 138 Å².